The van der Waals surface area contributed by atoms with Crippen LogP contribution >= 0.6 is 0 Å². The fraction of sp³-hybridized carbons (Fsp3) is 0.235. The molecule has 0 fully saturated rings. The smallest absolute Gasteiger partial charge is 0.141 e. The summed E-state index contributed by atoms with van der Waals surface area (Å²) in [5.74, 6) is 0.879. The molecule has 114 valence electrons. The maximum atomic E-state index is 8.86. The monoisotopic (exact) mass is 304 g/mol. The zero-order valence-corrected chi connectivity index (χ0v) is 12.6. The molecule has 0 atom stereocenters. The summed E-state index contributed by atoms with van der Waals surface area (Å²) in [6, 6.07) is 9.95. The van der Waals surface area contributed by atoms with Gasteiger partial charge in [-0.3, -0.25) is 10.00 Å². The molecule has 0 spiro atoms. The molecule has 1 aromatic carbocycles. The molecule has 0 radical (unpaired) electrons. The summed E-state index contributed by atoms with van der Waals surface area (Å²) < 4.78 is 0. The lowest BCUT2D eigenvalue weighted by Gasteiger charge is -2.25. The number of rotatable bonds is 3. The highest BCUT2D eigenvalue weighted by molar-refractivity contribution is 5.53. The molecule has 0 amide bonds. The van der Waals surface area contributed by atoms with E-state index in [1.807, 2.05) is 30.5 Å². The van der Waals surface area contributed by atoms with E-state index >= 15 is 0 Å². The molecule has 0 saturated heterocycles. The fourth-order valence-corrected chi connectivity index (χ4v) is 2.94. The highest BCUT2D eigenvalue weighted by Gasteiger charge is 2.20. The largest absolute Gasteiger partial charge is 0.340 e. The third-order valence-corrected chi connectivity index (χ3v) is 4.17. The number of H-pyrrole nitrogens is 2. The van der Waals surface area contributed by atoms with E-state index in [9.17, 15) is 0 Å². The first-order valence-electron chi connectivity index (χ1n) is 7.60. The maximum Gasteiger partial charge on any atom is 0.141 e. The first kappa shape index (κ1) is 13.7. The van der Waals surface area contributed by atoms with Gasteiger partial charge in [0.2, 0.25) is 0 Å². The lowest BCUT2D eigenvalue weighted by Crippen LogP contribution is -2.30. The second-order valence-corrected chi connectivity index (χ2v) is 5.77. The normalized spacial score (nSPS) is 14.4. The third kappa shape index (κ3) is 2.74. The number of aromatic amines is 2. The predicted molar refractivity (Wildman–Crippen MR) is 85.1 cm³/mol. The number of nitriles is 1. The molecule has 3 heterocycles. The van der Waals surface area contributed by atoms with Gasteiger partial charge in [-0.25, -0.2) is 4.98 Å². The molecule has 1 aliphatic rings. The topological polar surface area (TPSA) is 84.4 Å². The summed E-state index contributed by atoms with van der Waals surface area (Å²) in [7, 11) is 0. The van der Waals surface area contributed by atoms with Crippen LogP contribution in [-0.2, 0) is 19.5 Å². The molecular weight excluding hydrogens is 288 g/mol. The van der Waals surface area contributed by atoms with Crippen LogP contribution in [-0.4, -0.2) is 31.6 Å². The van der Waals surface area contributed by atoms with Crippen molar-refractivity contribution in [1.82, 2.24) is 25.1 Å². The van der Waals surface area contributed by atoms with E-state index in [-0.39, 0.29) is 0 Å². The molecule has 0 unspecified atom stereocenters. The molecule has 6 heteroatoms. The van der Waals surface area contributed by atoms with Crippen LogP contribution in [0.3, 0.4) is 0 Å². The van der Waals surface area contributed by atoms with Gasteiger partial charge in [-0.05, 0) is 17.7 Å². The van der Waals surface area contributed by atoms with Crippen molar-refractivity contribution in [3.63, 3.8) is 0 Å². The molecule has 0 saturated carbocycles. The Bertz CT molecular complexity index is 838. The number of hydrogen-bond donors (Lipinski definition) is 2. The van der Waals surface area contributed by atoms with Gasteiger partial charge in [0.05, 0.1) is 34.8 Å². The van der Waals surface area contributed by atoms with E-state index in [1.165, 1.54) is 11.3 Å². The summed E-state index contributed by atoms with van der Waals surface area (Å²) in [6.45, 7) is 2.73. The number of fused-ring (bicyclic) bond motifs is 1. The number of imidazole rings is 1. The van der Waals surface area contributed by atoms with Crippen molar-refractivity contribution in [2.24, 2.45) is 0 Å². The second kappa shape index (κ2) is 5.71. The van der Waals surface area contributed by atoms with E-state index in [2.05, 4.69) is 31.1 Å². The summed E-state index contributed by atoms with van der Waals surface area (Å²) in [5.41, 5.74) is 5.24. The van der Waals surface area contributed by atoms with Crippen LogP contribution in [0.15, 0.2) is 36.7 Å². The van der Waals surface area contributed by atoms with E-state index in [4.69, 9.17) is 5.26 Å². The Hall–Kier alpha value is -2.91. The lowest BCUT2D eigenvalue weighted by molar-refractivity contribution is 0.241. The number of benzene rings is 1. The Morgan fingerprint density at radius 2 is 2.13 bits per heavy atom. The molecule has 6 nitrogen and oxygen atoms in total. The first-order valence-corrected chi connectivity index (χ1v) is 7.60. The van der Waals surface area contributed by atoms with Crippen LogP contribution in [0.1, 0.15) is 22.5 Å². The molecule has 0 bridgehead atoms. The number of nitrogens with one attached hydrogen (secondary N) is 2. The van der Waals surface area contributed by atoms with Gasteiger partial charge in [-0.2, -0.15) is 10.4 Å². The van der Waals surface area contributed by atoms with Gasteiger partial charge in [0.1, 0.15) is 5.82 Å². The minimum Gasteiger partial charge on any atom is -0.340 e. The van der Waals surface area contributed by atoms with Gasteiger partial charge in [-0.1, -0.05) is 12.1 Å². The van der Waals surface area contributed by atoms with Gasteiger partial charge in [0.15, 0.2) is 0 Å². The molecule has 1 aliphatic heterocycles. The van der Waals surface area contributed by atoms with Crippen molar-refractivity contribution < 1.29 is 0 Å². The Labute approximate surface area is 133 Å². The van der Waals surface area contributed by atoms with Gasteiger partial charge in [0, 0.05) is 32.3 Å². The minimum atomic E-state index is 0.702. The van der Waals surface area contributed by atoms with Gasteiger partial charge in [-0.15, -0.1) is 0 Å². The molecule has 0 aliphatic carbocycles. The molecule has 23 heavy (non-hydrogen) atoms. The van der Waals surface area contributed by atoms with Gasteiger partial charge < -0.3 is 4.98 Å². The summed E-state index contributed by atoms with van der Waals surface area (Å²) >= 11 is 0. The Morgan fingerprint density at radius 1 is 1.26 bits per heavy atom. The van der Waals surface area contributed by atoms with Crippen LogP contribution < -0.4 is 0 Å². The molecule has 3 aromatic rings. The Kier molecular flexibility index (Phi) is 3.41. The number of hydrogen-bond acceptors (Lipinski definition) is 4. The molecular formula is C17H16N6. The van der Waals surface area contributed by atoms with Gasteiger partial charge in [0.25, 0.3) is 0 Å². The lowest BCUT2D eigenvalue weighted by atomic mass is 10.1. The summed E-state index contributed by atoms with van der Waals surface area (Å²) in [5, 5.41) is 15.6. The standard InChI is InChI=1S/C17H16N6/c18-7-12-1-3-13(4-2-12)10-23-6-5-15-16(11-23)22-17(21-15)14-8-19-20-9-14/h1-4,8-9H,5-6,10-11H2,(H,19,20)(H,21,22). The van der Waals surface area contributed by atoms with Gasteiger partial charge >= 0.3 is 0 Å². The average molecular weight is 304 g/mol. The van der Waals surface area contributed by atoms with Crippen molar-refractivity contribution in [2.45, 2.75) is 19.5 Å². The van der Waals surface area contributed by atoms with E-state index < -0.39 is 0 Å². The average Bonchev–Trinajstić information content (AvgIpc) is 3.24. The fourth-order valence-electron chi connectivity index (χ4n) is 2.94. The van der Waals surface area contributed by atoms with Crippen molar-refractivity contribution in [1.29, 1.82) is 5.26 Å². The first-order chi connectivity index (χ1) is 11.3. The van der Waals surface area contributed by atoms with Crippen molar-refractivity contribution >= 4 is 0 Å². The van der Waals surface area contributed by atoms with Crippen molar-refractivity contribution in [2.75, 3.05) is 6.54 Å². The summed E-state index contributed by atoms with van der Waals surface area (Å²) in [6.07, 6.45) is 4.57. The second-order valence-electron chi connectivity index (χ2n) is 5.77. The molecule has 2 aromatic heterocycles. The highest BCUT2D eigenvalue weighted by atomic mass is 15.2. The third-order valence-electron chi connectivity index (χ3n) is 4.17. The van der Waals surface area contributed by atoms with Crippen molar-refractivity contribution in [3.8, 4) is 17.5 Å². The Balaban J connectivity index is 1.49. The van der Waals surface area contributed by atoms with E-state index in [0.717, 1.165) is 43.1 Å². The van der Waals surface area contributed by atoms with Crippen LogP contribution in [0, 0.1) is 11.3 Å². The number of nitrogens with zero attached hydrogens (tertiary/aromatic N) is 4. The van der Waals surface area contributed by atoms with E-state index in [0.29, 0.717) is 5.56 Å². The minimum absolute atomic E-state index is 0.702. The predicted octanol–water partition coefficient (Wildman–Crippen LogP) is 2.23. The zero-order valence-electron chi connectivity index (χ0n) is 12.6. The van der Waals surface area contributed by atoms with Crippen molar-refractivity contribution in [3.05, 3.63) is 59.2 Å². The van der Waals surface area contributed by atoms with Crippen LogP contribution in [0.2, 0.25) is 0 Å². The van der Waals surface area contributed by atoms with E-state index in [1.54, 1.807) is 6.20 Å². The molecule has 2 N–H and O–H groups in total. The number of aromatic nitrogens is 4. The SMILES string of the molecule is N#Cc1ccc(CN2CCc3nc(-c4cn[nH]c4)[nH]c3C2)cc1. The van der Waals surface area contributed by atoms with Crippen LogP contribution in [0.4, 0.5) is 0 Å². The zero-order chi connectivity index (χ0) is 15.6. The Morgan fingerprint density at radius 3 is 2.87 bits per heavy atom. The van der Waals surface area contributed by atoms with Crippen LogP contribution in [0.5, 0.6) is 0 Å². The summed E-state index contributed by atoms with van der Waals surface area (Å²) in [4.78, 5) is 10.5. The molecule has 4 rings (SSSR count). The highest BCUT2D eigenvalue weighted by Crippen LogP contribution is 2.23. The van der Waals surface area contributed by atoms with Crippen LogP contribution in [0.25, 0.3) is 11.4 Å². The maximum absolute atomic E-state index is 8.86. The quantitative estimate of drug-likeness (QED) is 0.777.